The number of hydrogen-bond acceptors (Lipinski definition) is 4. The van der Waals surface area contributed by atoms with E-state index in [1.54, 1.807) is 19.1 Å². The molecule has 1 aromatic carbocycles. The zero-order valence-electron chi connectivity index (χ0n) is 15.2. The van der Waals surface area contributed by atoms with Gasteiger partial charge in [-0.3, -0.25) is 9.69 Å². The van der Waals surface area contributed by atoms with Crippen LogP contribution in [0.5, 0.6) is 0 Å². The molecule has 0 bridgehead atoms. The van der Waals surface area contributed by atoms with Gasteiger partial charge in [0, 0.05) is 23.8 Å². The van der Waals surface area contributed by atoms with Crippen molar-refractivity contribution < 1.29 is 14.7 Å². The highest BCUT2D eigenvalue weighted by Crippen LogP contribution is 2.37. The van der Waals surface area contributed by atoms with Gasteiger partial charge < -0.3 is 10.4 Å². The van der Waals surface area contributed by atoms with E-state index in [4.69, 9.17) is 34.8 Å². The largest absolute Gasteiger partial charge is 0.465 e. The van der Waals surface area contributed by atoms with Crippen LogP contribution in [0.3, 0.4) is 0 Å². The van der Waals surface area contributed by atoms with Crippen LogP contribution in [-0.2, 0) is 0 Å². The van der Waals surface area contributed by atoms with E-state index in [1.165, 1.54) is 29.1 Å². The SMILES string of the molecule is CCN(C(=O)O)c1cc(Cl)cc(Cl)c1NC(=O)c1cc(Br)nn1-c1ncccc1Cl. The highest BCUT2D eigenvalue weighted by molar-refractivity contribution is 9.10. The number of amides is 2. The third-order valence-electron chi connectivity index (χ3n) is 3.96. The second-order valence-electron chi connectivity index (χ2n) is 5.84. The topological polar surface area (TPSA) is 100 Å². The molecule has 0 saturated carbocycles. The molecular weight excluding hydrogens is 520 g/mol. The summed E-state index contributed by atoms with van der Waals surface area (Å²) in [6.45, 7) is 1.76. The lowest BCUT2D eigenvalue weighted by atomic mass is 10.2. The number of pyridine rings is 1. The number of anilines is 2. The molecular formula is C18H13BrCl3N5O3. The maximum Gasteiger partial charge on any atom is 0.411 e. The number of halogens is 4. The molecule has 2 N–H and O–H groups in total. The second-order valence-corrected chi connectivity index (χ2v) is 7.90. The molecule has 12 heteroatoms. The first-order valence-corrected chi connectivity index (χ1v) is 10.3. The van der Waals surface area contributed by atoms with Gasteiger partial charge in [-0.1, -0.05) is 34.8 Å². The molecule has 0 saturated heterocycles. The van der Waals surface area contributed by atoms with Crippen LogP contribution >= 0.6 is 50.7 Å². The molecule has 8 nitrogen and oxygen atoms in total. The molecule has 3 rings (SSSR count). The van der Waals surface area contributed by atoms with Gasteiger partial charge in [-0.15, -0.1) is 0 Å². The number of nitrogens with zero attached hydrogens (tertiary/aromatic N) is 4. The summed E-state index contributed by atoms with van der Waals surface area (Å²) >= 11 is 21.8. The summed E-state index contributed by atoms with van der Waals surface area (Å²) < 4.78 is 1.64. The Morgan fingerprint density at radius 1 is 1.23 bits per heavy atom. The first kappa shape index (κ1) is 22.4. The van der Waals surface area contributed by atoms with Crippen LogP contribution in [0, 0.1) is 0 Å². The molecule has 0 spiro atoms. The highest BCUT2D eigenvalue weighted by Gasteiger charge is 2.24. The molecule has 2 amide bonds. The standard InChI is InChI=1S/C18H13BrCl3N5O3/c1-2-26(18(29)30)12-7-9(20)6-11(22)15(12)24-17(28)13-8-14(19)25-27(13)16-10(21)4-3-5-23-16/h3-8H,2H2,1H3,(H,24,28)(H,29,30). The van der Waals surface area contributed by atoms with Gasteiger partial charge in [-0.25, -0.2) is 14.5 Å². The number of carbonyl (C=O) groups is 2. The van der Waals surface area contributed by atoms with Gasteiger partial charge in [0.2, 0.25) is 0 Å². The molecule has 0 aliphatic heterocycles. The maximum atomic E-state index is 13.1. The fourth-order valence-corrected chi connectivity index (χ4v) is 3.80. The Hall–Kier alpha value is -2.33. The monoisotopic (exact) mass is 531 g/mol. The average molecular weight is 534 g/mol. The van der Waals surface area contributed by atoms with E-state index in [-0.39, 0.29) is 44.5 Å². The summed E-state index contributed by atoms with van der Waals surface area (Å²) in [5.74, 6) is -0.361. The number of carboxylic acid groups (broad SMARTS) is 1. The van der Waals surface area contributed by atoms with E-state index < -0.39 is 12.0 Å². The molecule has 0 unspecified atom stereocenters. The van der Waals surface area contributed by atoms with Crippen molar-refractivity contribution in [1.29, 1.82) is 0 Å². The van der Waals surface area contributed by atoms with E-state index in [0.29, 0.717) is 4.60 Å². The lowest BCUT2D eigenvalue weighted by Gasteiger charge is -2.22. The van der Waals surface area contributed by atoms with Gasteiger partial charge in [-0.05, 0) is 47.1 Å². The Morgan fingerprint density at radius 3 is 2.60 bits per heavy atom. The van der Waals surface area contributed by atoms with Crippen molar-refractivity contribution >= 4 is 74.1 Å². The van der Waals surface area contributed by atoms with E-state index in [2.05, 4.69) is 31.3 Å². The smallest absolute Gasteiger partial charge is 0.411 e. The Balaban J connectivity index is 2.06. The van der Waals surface area contributed by atoms with E-state index in [9.17, 15) is 14.7 Å². The maximum absolute atomic E-state index is 13.1. The zero-order valence-corrected chi connectivity index (χ0v) is 19.1. The number of benzene rings is 1. The van der Waals surface area contributed by atoms with Crippen molar-refractivity contribution in [2.24, 2.45) is 0 Å². The van der Waals surface area contributed by atoms with Crippen molar-refractivity contribution in [3.63, 3.8) is 0 Å². The molecule has 0 fully saturated rings. The Bertz CT molecular complexity index is 1140. The molecule has 0 radical (unpaired) electrons. The van der Waals surface area contributed by atoms with Crippen LogP contribution in [0.4, 0.5) is 16.2 Å². The number of nitrogens with one attached hydrogen (secondary N) is 1. The van der Waals surface area contributed by atoms with Crippen LogP contribution in [0.15, 0.2) is 41.1 Å². The molecule has 2 heterocycles. The third-order valence-corrected chi connectivity index (χ3v) is 5.16. The normalized spacial score (nSPS) is 10.7. The molecule has 0 aliphatic carbocycles. The minimum atomic E-state index is -1.22. The van der Waals surface area contributed by atoms with Crippen LogP contribution in [0.25, 0.3) is 5.82 Å². The molecule has 0 atom stereocenters. The summed E-state index contributed by atoms with van der Waals surface area (Å²) in [7, 11) is 0. The Morgan fingerprint density at radius 2 is 1.97 bits per heavy atom. The fraction of sp³-hybridized carbons (Fsp3) is 0.111. The lowest BCUT2D eigenvalue weighted by molar-refractivity contribution is 0.101. The third kappa shape index (κ3) is 4.54. The van der Waals surface area contributed by atoms with Crippen molar-refractivity contribution in [1.82, 2.24) is 14.8 Å². The second kappa shape index (κ2) is 9.22. The highest BCUT2D eigenvalue weighted by atomic mass is 79.9. The van der Waals surface area contributed by atoms with Gasteiger partial charge in [0.05, 0.1) is 21.4 Å². The molecule has 30 heavy (non-hydrogen) atoms. The van der Waals surface area contributed by atoms with Crippen LogP contribution in [0.1, 0.15) is 17.4 Å². The number of aromatic nitrogens is 3. The predicted molar refractivity (Wildman–Crippen MR) is 120 cm³/mol. The van der Waals surface area contributed by atoms with Gasteiger partial charge in [0.15, 0.2) is 5.82 Å². The summed E-state index contributed by atoms with van der Waals surface area (Å²) in [5.41, 5.74) is 0.320. The first-order valence-electron chi connectivity index (χ1n) is 8.40. The molecule has 156 valence electrons. The quantitative estimate of drug-likeness (QED) is 0.435. The summed E-state index contributed by atoms with van der Waals surface area (Å²) in [6.07, 6.45) is 0.290. The van der Waals surface area contributed by atoms with Gasteiger partial charge in [0.1, 0.15) is 10.3 Å². The van der Waals surface area contributed by atoms with Crippen LogP contribution in [-0.4, -0.2) is 38.4 Å². The van der Waals surface area contributed by atoms with Crippen molar-refractivity contribution in [2.75, 3.05) is 16.8 Å². The summed E-state index contributed by atoms with van der Waals surface area (Å²) in [4.78, 5) is 29.9. The van der Waals surface area contributed by atoms with E-state index in [0.717, 1.165) is 4.90 Å². The first-order chi connectivity index (χ1) is 14.2. The van der Waals surface area contributed by atoms with Crippen LogP contribution < -0.4 is 10.2 Å². The number of carbonyl (C=O) groups excluding carboxylic acids is 1. The van der Waals surface area contributed by atoms with Crippen molar-refractivity contribution in [3.8, 4) is 5.82 Å². The Kier molecular flexibility index (Phi) is 6.87. The number of hydrogen-bond donors (Lipinski definition) is 2. The Labute approximate surface area is 194 Å². The average Bonchev–Trinajstić information content (AvgIpc) is 3.06. The summed E-state index contributed by atoms with van der Waals surface area (Å²) in [6, 6.07) is 7.54. The molecule has 0 aliphatic rings. The van der Waals surface area contributed by atoms with Crippen molar-refractivity contribution in [2.45, 2.75) is 6.92 Å². The minimum Gasteiger partial charge on any atom is -0.465 e. The predicted octanol–water partition coefficient (Wildman–Crippen LogP) is 5.75. The van der Waals surface area contributed by atoms with Gasteiger partial charge >= 0.3 is 6.09 Å². The minimum absolute atomic E-state index is 0.0755. The van der Waals surface area contributed by atoms with E-state index in [1.807, 2.05) is 0 Å². The number of rotatable bonds is 5. The molecule has 3 aromatic rings. The van der Waals surface area contributed by atoms with Gasteiger partial charge in [0.25, 0.3) is 5.91 Å². The summed E-state index contributed by atoms with van der Waals surface area (Å²) in [5, 5.41) is 16.9. The van der Waals surface area contributed by atoms with Crippen LogP contribution in [0.2, 0.25) is 15.1 Å². The van der Waals surface area contributed by atoms with E-state index >= 15 is 0 Å². The zero-order chi connectivity index (χ0) is 22.0. The van der Waals surface area contributed by atoms with Gasteiger partial charge in [-0.2, -0.15) is 5.10 Å². The fourth-order valence-electron chi connectivity index (χ4n) is 2.69. The van der Waals surface area contributed by atoms with Crippen molar-refractivity contribution in [3.05, 3.63) is 61.9 Å². The lowest BCUT2D eigenvalue weighted by Crippen LogP contribution is -2.30. The molecule has 2 aromatic heterocycles.